The molecule has 0 aliphatic rings. The van der Waals surface area contributed by atoms with Gasteiger partial charge in [-0.15, -0.1) is 11.8 Å². The molecule has 0 unspecified atom stereocenters. The molecule has 0 saturated carbocycles. The van der Waals surface area contributed by atoms with Crippen molar-refractivity contribution in [2.45, 2.75) is 18.0 Å². The molecular formula is C17H13BrF3NS. The van der Waals surface area contributed by atoms with Gasteiger partial charge in [0.25, 0.3) is 0 Å². The van der Waals surface area contributed by atoms with Gasteiger partial charge in [-0.25, -0.2) is 0 Å². The molecule has 3 rings (SSSR count). The highest BCUT2D eigenvalue weighted by atomic mass is 79.9. The number of aromatic nitrogens is 1. The van der Waals surface area contributed by atoms with Gasteiger partial charge in [0, 0.05) is 25.8 Å². The highest BCUT2D eigenvalue weighted by molar-refractivity contribution is 9.10. The van der Waals surface area contributed by atoms with Crippen molar-refractivity contribution in [3.05, 3.63) is 52.5 Å². The lowest BCUT2D eigenvalue weighted by Gasteiger charge is -2.07. The molecule has 1 aromatic heterocycles. The van der Waals surface area contributed by atoms with Crippen LogP contribution in [0.2, 0.25) is 0 Å². The average molecular weight is 400 g/mol. The number of H-pyrrole nitrogens is 1. The summed E-state index contributed by atoms with van der Waals surface area (Å²) in [6.07, 6.45) is -4.34. The molecular weight excluding hydrogens is 387 g/mol. The van der Waals surface area contributed by atoms with Crippen molar-refractivity contribution in [3.63, 3.8) is 0 Å². The Balaban J connectivity index is 2.24. The number of halogens is 4. The van der Waals surface area contributed by atoms with Gasteiger partial charge in [-0.2, -0.15) is 13.2 Å². The molecule has 120 valence electrons. The quantitative estimate of drug-likeness (QED) is 0.482. The van der Waals surface area contributed by atoms with Crippen LogP contribution in [0.1, 0.15) is 12.5 Å². The third kappa shape index (κ3) is 3.28. The van der Waals surface area contributed by atoms with E-state index in [4.69, 9.17) is 0 Å². The van der Waals surface area contributed by atoms with Crippen molar-refractivity contribution in [1.29, 1.82) is 0 Å². The Labute approximate surface area is 144 Å². The summed E-state index contributed by atoms with van der Waals surface area (Å²) in [6, 6.07) is 11.6. The number of fused-ring (bicyclic) bond motifs is 1. The second-order valence-electron chi connectivity index (χ2n) is 5.03. The van der Waals surface area contributed by atoms with Crippen LogP contribution in [0.3, 0.4) is 0 Å². The third-order valence-electron chi connectivity index (χ3n) is 3.48. The maximum absolute atomic E-state index is 13.0. The predicted octanol–water partition coefficient (Wildman–Crippen LogP) is 6.73. The number of alkyl halides is 3. The molecule has 0 atom stereocenters. The van der Waals surface area contributed by atoms with E-state index in [1.165, 1.54) is 12.1 Å². The van der Waals surface area contributed by atoms with Crippen molar-refractivity contribution in [1.82, 2.24) is 4.98 Å². The zero-order chi connectivity index (χ0) is 16.6. The number of hydrogen-bond acceptors (Lipinski definition) is 1. The highest BCUT2D eigenvalue weighted by Crippen LogP contribution is 2.40. The summed E-state index contributed by atoms with van der Waals surface area (Å²) in [5.41, 5.74) is 1.89. The molecule has 2 aromatic carbocycles. The lowest BCUT2D eigenvalue weighted by Crippen LogP contribution is -2.04. The Morgan fingerprint density at radius 1 is 1.13 bits per heavy atom. The van der Waals surface area contributed by atoms with Crippen LogP contribution in [0.15, 0.2) is 51.8 Å². The summed E-state index contributed by atoms with van der Waals surface area (Å²) >= 11 is 4.98. The number of hydrogen-bond donors (Lipinski definition) is 1. The van der Waals surface area contributed by atoms with Crippen molar-refractivity contribution >= 4 is 38.6 Å². The van der Waals surface area contributed by atoms with Crippen LogP contribution in [0.4, 0.5) is 13.2 Å². The second-order valence-corrected chi connectivity index (χ2v) is 7.22. The van der Waals surface area contributed by atoms with E-state index in [0.29, 0.717) is 10.9 Å². The molecule has 6 heteroatoms. The topological polar surface area (TPSA) is 15.8 Å². The zero-order valence-corrected chi connectivity index (χ0v) is 14.6. The molecule has 0 saturated heterocycles. The smallest absolute Gasteiger partial charge is 0.354 e. The fourth-order valence-electron chi connectivity index (χ4n) is 2.49. The number of nitrogens with one attached hydrogen (secondary N) is 1. The van der Waals surface area contributed by atoms with Crippen LogP contribution in [-0.4, -0.2) is 10.7 Å². The van der Waals surface area contributed by atoms with Crippen molar-refractivity contribution in [3.8, 4) is 11.3 Å². The van der Waals surface area contributed by atoms with Crippen molar-refractivity contribution in [2.24, 2.45) is 0 Å². The summed E-state index contributed by atoms with van der Waals surface area (Å²) < 4.78 is 39.9. The standard InChI is InChI=1S/C17H13BrF3NS/c1-2-23-16-13-9-11(17(19,20)21)6-7-14(13)22-15(16)10-4-3-5-12(18)8-10/h3-9,22H,2H2,1H3. The number of rotatable bonds is 3. The van der Waals surface area contributed by atoms with Crippen LogP contribution in [0, 0.1) is 0 Å². The zero-order valence-electron chi connectivity index (χ0n) is 12.2. The first-order chi connectivity index (χ1) is 10.9. The Morgan fingerprint density at radius 2 is 1.91 bits per heavy atom. The third-order valence-corrected chi connectivity index (χ3v) is 4.97. The van der Waals surface area contributed by atoms with Gasteiger partial charge in [0.2, 0.25) is 0 Å². The first-order valence-corrected chi connectivity index (χ1v) is 8.79. The van der Waals surface area contributed by atoms with Crippen LogP contribution in [-0.2, 0) is 6.18 Å². The van der Waals surface area contributed by atoms with Gasteiger partial charge in [-0.3, -0.25) is 0 Å². The molecule has 23 heavy (non-hydrogen) atoms. The molecule has 0 aliphatic carbocycles. The number of thioether (sulfide) groups is 1. The summed E-state index contributed by atoms with van der Waals surface area (Å²) in [7, 11) is 0. The average Bonchev–Trinajstić information content (AvgIpc) is 2.85. The largest absolute Gasteiger partial charge is 0.416 e. The van der Waals surface area contributed by atoms with Gasteiger partial charge in [0.15, 0.2) is 0 Å². The summed E-state index contributed by atoms with van der Waals surface area (Å²) in [5.74, 6) is 0.782. The minimum atomic E-state index is -4.34. The van der Waals surface area contributed by atoms with Crippen LogP contribution < -0.4 is 0 Å². The van der Waals surface area contributed by atoms with E-state index < -0.39 is 11.7 Å². The van der Waals surface area contributed by atoms with E-state index in [0.717, 1.165) is 32.4 Å². The van der Waals surface area contributed by atoms with Gasteiger partial charge >= 0.3 is 6.18 Å². The molecule has 0 fully saturated rings. The maximum atomic E-state index is 13.0. The molecule has 3 aromatic rings. The van der Waals surface area contributed by atoms with E-state index in [1.807, 2.05) is 31.2 Å². The molecule has 1 N–H and O–H groups in total. The summed E-state index contributed by atoms with van der Waals surface area (Å²) in [6.45, 7) is 1.99. The fourth-order valence-corrected chi connectivity index (χ4v) is 3.81. The minimum Gasteiger partial charge on any atom is -0.354 e. The van der Waals surface area contributed by atoms with E-state index in [2.05, 4.69) is 20.9 Å². The SMILES string of the molecule is CCSc1c(-c2cccc(Br)c2)[nH]c2ccc(C(F)(F)F)cc12. The van der Waals surface area contributed by atoms with Gasteiger partial charge in [-0.1, -0.05) is 35.0 Å². The molecule has 1 heterocycles. The molecule has 0 bridgehead atoms. The van der Waals surface area contributed by atoms with Crippen LogP contribution >= 0.6 is 27.7 Å². The van der Waals surface area contributed by atoms with Crippen LogP contribution in [0.25, 0.3) is 22.2 Å². The van der Waals surface area contributed by atoms with Gasteiger partial charge in [0.05, 0.1) is 11.3 Å². The normalized spacial score (nSPS) is 12.0. The van der Waals surface area contributed by atoms with Gasteiger partial charge in [-0.05, 0) is 36.1 Å². The lowest BCUT2D eigenvalue weighted by atomic mass is 10.1. The summed E-state index contributed by atoms with van der Waals surface area (Å²) in [4.78, 5) is 4.12. The van der Waals surface area contributed by atoms with Crippen LogP contribution in [0.5, 0.6) is 0 Å². The Bertz CT molecular complexity index is 855. The first kappa shape index (κ1) is 16.5. The summed E-state index contributed by atoms with van der Waals surface area (Å²) in [5, 5.41) is 0.613. The molecule has 0 spiro atoms. The van der Waals surface area contributed by atoms with E-state index in [-0.39, 0.29) is 0 Å². The Kier molecular flexibility index (Phi) is 4.47. The number of aromatic amines is 1. The van der Waals surface area contributed by atoms with E-state index >= 15 is 0 Å². The van der Waals surface area contributed by atoms with E-state index in [9.17, 15) is 13.2 Å². The fraction of sp³-hybridized carbons (Fsp3) is 0.176. The molecule has 0 radical (unpaired) electrons. The minimum absolute atomic E-state index is 0.613. The maximum Gasteiger partial charge on any atom is 0.416 e. The predicted molar refractivity (Wildman–Crippen MR) is 92.8 cm³/mol. The molecule has 0 amide bonds. The van der Waals surface area contributed by atoms with Gasteiger partial charge < -0.3 is 4.98 Å². The Hall–Kier alpha value is -1.40. The molecule has 0 aliphatic heterocycles. The van der Waals surface area contributed by atoms with Crippen molar-refractivity contribution < 1.29 is 13.2 Å². The monoisotopic (exact) mass is 399 g/mol. The first-order valence-electron chi connectivity index (χ1n) is 7.02. The van der Waals surface area contributed by atoms with Gasteiger partial charge in [0.1, 0.15) is 0 Å². The second kappa shape index (κ2) is 6.24. The molecule has 1 nitrogen and oxygen atoms in total. The Morgan fingerprint density at radius 3 is 2.57 bits per heavy atom. The number of benzene rings is 2. The highest BCUT2D eigenvalue weighted by Gasteiger charge is 2.31. The lowest BCUT2D eigenvalue weighted by molar-refractivity contribution is -0.137. The van der Waals surface area contributed by atoms with Crippen molar-refractivity contribution in [2.75, 3.05) is 5.75 Å². The van der Waals surface area contributed by atoms with E-state index in [1.54, 1.807) is 11.8 Å².